The normalized spacial score (nSPS) is 11.8. The molecular formula is C15H22N2O2S. The van der Waals surface area contributed by atoms with Gasteiger partial charge in [0.25, 0.3) is 0 Å². The van der Waals surface area contributed by atoms with Gasteiger partial charge >= 0.3 is 0 Å². The zero-order chi connectivity index (χ0) is 15.0. The maximum absolute atomic E-state index is 12.1. The Kier molecular flexibility index (Phi) is 7.15. The van der Waals surface area contributed by atoms with E-state index in [0.717, 1.165) is 12.0 Å². The van der Waals surface area contributed by atoms with Gasteiger partial charge in [-0.05, 0) is 18.4 Å². The second kappa shape index (κ2) is 8.64. The SMILES string of the molecule is CCCNC(=O)CN(C)C(=O)C(S)Cc1ccccc1. The Balaban J connectivity index is 2.45. The third kappa shape index (κ3) is 5.65. The number of carbonyl (C=O) groups excluding carboxylic acids is 2. The lowest BCUT2D eigenvalue weighted by Crippen LogP contribution is -2.42. The molecule has 110 valence electrons. The number of nitrogens with zero attached hydrogens (tertiary/aromatic N) is 1. The monoisotopic (exact) mass is 294 g/mol. The van der Waals surface area contributed by atoms with Gasteiger partial charge in [0.2, 0.25) is 11.8 Å². The Morgan fingerprint density at radius 2 is 1.95 bits per heavy atom. The van der Waals surface area contributed by atoms with Crippen LogP contribution >= 0.6 is 12.6 Å². The number of nitrogens with one attached hydrogen (secondary N) is 1. The van der Waals surface area contributed by atoms with Crippen LogP contribution in [0.4, 0.5) is 0 Å². The summed E-state index contributed by atoms with van der Waals surface area (Å²) < 4.78 is 0. The van der Waals surface area contributed by atoms with Gasteiger partial charge in [-0.3, -0.25) is 9.59 Å². The summed E-state index contributed by atoms with van der Waals surface area (Å²) >= 11 is 4.35. The highest BCUT2D eigenvalue weighted by Crippen LogP contribution is 2.10. The number of thiol groups is 1. The molecule has 0 aliphatic carbocycles. The molecule has 20 heavy (non-hydrogen) atoms. The van der Waals surface area contributed by atoms with E-state index >= 15 is 0 Å². The van der Waals surface area contributed by atoms with Crippen LogP contribution in [0.15, 0.2) is 30.3 Å². The number of carbonyl (C=O) groups is 2. The van der Waals surface area contributed by atoms with Gasteiger partial charge in [-0.2, -0.15) is 12.6 Å². The first-order valence-electron chi connectivity index (χ1n) is 6.78. The number of hydrogen-bond donors (Lipinski definition) is 2. The minimum absolute atomic E-state index is 0.0741. The van der Waals surface area contributed by atoms with Gasteiger partial charge in [-0.25, -0.2) is 0 Å². The molecule has 1 atom stereocenters. The van der Waals surface area contributed by atoms with Gasteiger partial charge in [0, 0.05) is 13.6 Å². The van der Waals surface area contributed by atoms with Gasteiger partial charge < -0.3 is 10.2 Å². The van der Waals surface area contributed by atoms with Crippen molar-refractivity contribution in [3.8, 4) is 0 Å². The van der Waals surface area contributed by atoms with Crippen LogP contribution < -0.4 is 5.32 Å². The van der Waals surface area contributed by atoms with Crippen LogP contribution in [0, 0.1) is 0 Å². The first kappa shape index (κ1) is 16.6. The molecule has 0 bridgehead atoms. The maximum Gasteiger partial charge on any atom is 0.239 e. The standard InChI is InChI=1S/C15H22N2O2S/c1-3-9-16-14(18)11-17(2)15(19)13(20)10-12-7-5-4-6-8-12/h4-8,13,20H,3,9-11H2,1-2H3,(H,16,18). The Labute approximate surface area is 126 Å². The van der Waals surface area contributed by atoms with Crippen molar-refractivity contribution >= 4 is 24.4 Å². The highest BCUT2D eigenvalue weighted by Gasteiger charge is 2.20. The van der Waals surface area contributed by atoms with Crippen molar-refractivity contribution in [2.45, 2.75) is 25.0 Å². The van der Waals surface area contributed by atoms with Crippen molar-refractivity contribution in [1.29, 1.82) is 0 Å². The van der Waals surface area contributed by atoms with Crippen LogP contribution in [0.5, 0.6) is 0 Å². The lowest BCUT2D eigenvalue weighted by Gasteiger charge is -2.20. The summed E-state index contributed by atoms with van der Waals surface area (Å²) in [7, 11) is 1.63. The van der Waals surface area contributed by atoms with Gasteiger partial charge in [0.1, 0.15) is 0 Å². The van der Waals surface area contributed by atoms with Crippen molar-refractivity contribution in [3.05, 3.63) is 35.9 Å². The Hall–Kier alpha value is -1.49. The minimum Gasteiger partial charge on any atom is -0.355 e. The first-order chi connectivity index (χ1) is 9.54. The second-order valence-electron chi connectivity index (χ2n) is 4.75. The third-order valence-corrected chi connectivity index (χ3v) is 3.29. The fourth-order valence-electron chi connectivity index (χ4n) is 1.79. The van der Waals surface area contributed by atoms with Crippen molar-refractivity contribution in [3.63, 3.8) is 0 Å². The first-order valence-corrected chi connectivity index (χ1v) is 7.30. The molecule has 0 saturated heterocycles. The van der Waals surface area contributed by atoms with E-state index < -0.39 is 5.25 Å². The van der Waals surface area contributed by atoms with E-state index in [2.05, 4.69) is 17.9 Å². The fourth-order valence-corrected chi connectivity index (χ4v) is 2.20. The molecule has 0 radical (unpaired) electrons. The largest absolute Gasteiger partial charge is 0.355 e. The van der Waals surface area contributed by atoms with Gasteiger partial charge in [-0.15, -0.1) is 0 Å². The molecule has 1 unspecified atom stereocenters. The number of likely N-dealkylation sites (N-methyl/N-ethyl adjacent to an activating group) is 1. The lowest BCUT2D eigenvalue weighted by molar-refractivity contribution is -0.134. The average Bonchev–Trinajstić information content (AvgIpc) is 2.45. The van der Waals surface area contributed by atoms with E-state index in [1.54, 1.807) is 7.05 Å². The second-order valence-corrected chi connectivity index (χ2v) is 5.37. The van der Waals surface area contributed by atoms with E-state index in [0.29, 0.717) is 13.0 Å². The van der Waals surface area contributed by atoms with Gasteiger partial charge in [0.15, 0.2) is 0 Å². The van der Waals surface area contributed by atoms with Crippen LogP contribution in [0.2, 0.25) is 0 Å². The molecule has 1 N–H and O–H groups in total. The molecule has 0 saturated carbocycles. The van der Waals surface area contributed by atoms with Crippen LogP contribution in [-0.4, -0.2) is 42.1 Å². The van der Waals surface area contributed by atoms with Crippen molar-refractivity contribution in [1.82, 2.24) is 10.2 Å². The molecule has 2 amide bonds. The molecular weight excluding hydrogens is 272 g/mol. The smallest absolute Gasteiger partial charge is 0.239 e. The van der Waals surface area contributed by atoms with Crippen molar-refractivity contribution < 1.29 is 9.59 Å². The molecule has 0 spiro atoms. The summed E-state index contributed by atoms with van der Waals surface area (Å²) in [5.41, 5.74) is 1.06. The number of hydrogen-bond acceptors (Lipinski definition) is 3. The molecule has 1 rings (SSSR count). The molecule has 0 aliphatic rings. The molecule has 0 heterocycles. The highest BCUT2D eigenvalue weighted by molar-refractivity contribution is 7.81. The van der Waals surface area contributed by atoms with Gasteiger partial charge in [-0.1, -0.05) is 37.3 Å². The minimum atomic E-state index is -0.429. The number of amides is 2. The topological polar surface area (TPSA) is 49.4 Å². The Morgan fingerprint density at radius 1 is 1.30 bits per heavy atom. The third-order valence-electron chi connectivity index (χ3n) is 2.89. The zero-order valence-corrected chi connectivity index (χ0v) is 12.9. The quantitative estimate of drug-likeness (QED) is 0.749. The van der Waals surface area contributed by atoms with Gasteiger partial charge in [0.05, 0.1) is 11.8 Å². The van der Waals surface area contributed by atoms with E-state index in [9.17, 15) is 9.59 Å². The number of rotatable bonds is 7. The van der Waals surface area contributed by atoms with Crippen LogP contribution in [0.1, 0.15) is 18.9 Å². The average molecular weight is 294 g/mol. The van der Waals surface area contributed by atoms with Crippen LogP contribution in [0.3, 0.4) is 0 Å². The van der Waals surface area contributed by atoms with Crippen LogP contribution in [-0.2, 0) is 16.0 Å². The van der Waals surface area contributed by atoms with E-state index in [4.69, 9.17) is 0 Å². The molecule has 0 aliphatic heterocycles. The molecule has 0 fully saturated rings. The summed E-state index contributed by atoms with van der Waals surface area (Å²) in [6, 6.07) is 9.72. The van der Waals surface area contributed by atoms with E-state index in [-0.39, 0.29) is 18.4 Å². The number of benzene rings is 1. The van der Waals surface area contributed by atoms with E-state index in [1.807, 2.05) is 37.3 Å². The van der Waals surface area contributed by atoms with E-state index in [1.165, 1.54) is 4.90 Å². The van der Waals surface area contributed by atoms with Crippen molar-refractivity contribution in [2.24, 2.45) is 0 Å². The molecule has 1 aromatic carbocycles. The zero-order valence-electron chi connectivity index (χ0n) is 12.0. The summed E-state index contributed by atoms with van der Waals surface area (Å²) in [6.45, 7) is 2.69. The van der Waals surface area contributed by atoms with Crippen molar-refractivity contribution in [2.75, 3.05) is 20.1 Å². The van der Waals surface area contributed by atoms with Crippen LogP contribution in [0.25, 0.3) is 0 Å². The molecule has 4 nitrogen and oxygen atoms in total. The summed E-state index contributed by atoms with van der Waals surface area (Å²) in [4.78, 5) is 25.1. The molecule has 5 heteroatoms. The predicted octanol–water partition coefficient (Wildman–Crippen LogP) is 1.51. The predicted molar refractivity (Wildman–Crippen MR) is 83.9 cm³/mol. The highest BCUT2D eigenvalue weighted by atomic mass is 32.1. The molecule has 1 aromatic rings. The summed E-state index contributed by atoms with van der Waals surface area (Å²) in [6.07, 6.45) is 1.44. The Bertz CT molecular complexity index is 437. The lowest BCUT2D eigenvalue weighted by atomic mass is 10.1. The maximum atomic E-state index is 12.1. The summed E-state index contributed by atoms with van der Waals surface area (Å²) in [5, 5.41) is 2.32. The fraction of sp³-hybridized carbons (Fsp3) is 0.467. The molecule has 0 aromatic heterocycles. The summed E-state index contributed by atoms with van der Waals surface area (Å²) in [5.74, 6) is -0.272. The Morgan fingerprint density at radius 3 is 2.55 bits per heavy atom.